The Balaban J connectivity index is 1.26. The molecule has 2 amide bonds. The van der Waals surface area contributed by atoms with Crippen molar-refractivity contribution in [2.24, 2.45) is 0 Å². The Labute approximate surface area is 158 Å². The van der Waals surface area contributed by atoms with Gasteiger partial charge >= 0.3 is 6.03 Å². The zero-order valence-corrected chi connectivity index (χ0v) is 15.3. The molecule has 0 saturated carbocycles. The smallest absolute Gasteiger partial charge is 0.319 e. The summed E-state index contributed by atoms with van der Waals surface area (Å²) < 4.78 is 16.0. The normalized spacial score (nSPS) is 14.0. The number of urea groups is 1. The van der Waals surface area contributed by atoms with Crippen LogP contribution in [0.15, 0.2) is 36.4 Å². The Bertz CT molecular complexity index is 840. The zero-order valence-electron chi connectivity index (χ0n) is 15.3. The molecule has 4 rings (SSSR count). The van der Waals surface area contributed by atoms with Crippen LogP contribution < -0.4 is 29.7 Å². The highest BCUT2D eigenvalue weighted by atomic mass is 16.7. The summed E-state index contributed by atoms with van der Waals surface area (Å²) in [5, 5.41) is 5.70. The summed E-state index contributed by atoms with van der Waals surface area (Å²) in [5.41, 5.74) is 3.26. The van der Waals surface area contributed by atoms with Crippen molar-refractivity contribution >= 4 is 17.4 Å². The molecule has 0 spiro atoms. The third kappa shape index (κ3) is 3.72. The second kappa shape index (κ2) is 7.65. The first-order valence-corrected chi connectivity index (χ1v) is 9.10. The van der Waals surface area contributed by atoms with Crippen LogP contribution in [0.2, 0.25) is 0 Å². The molecule has 2 aliphatic heterocycles. The predicted octanol–water partition coefficient (Wildman–Crippen LogP) is 3.00. The van der Waals surface area contributed by atoms with Crippen molar-refractivity contribution in [1.82, 2.24) is 5.32 Å². The van der Waals surface area contributed by atoms with E-state index in [1.54, 1.807) is 19.2 Å². The van der Waals surface area contributed by atoms with Gasteiger partial charge in [0.1, 0.15) is 5.75 Å². The molecule has 2 N–H and O–H groups in total. The van der Waals surface area contributed by atoms with Crippen molar-refractivity contribution in [2.75, 3.05) is 43.8 Å². The molecule has 0 bridgehead atoms. The maximum absolute atomic E-state index is 12.2. The molecule has 0 atom stereocenters. The standard InChI is InChI=1S/C20H23N3O4/c1-25-17-12-19-18(26-13-27-19)11-15(17)22-20(24)21-8-4-9-23-10-7-14-5-2-3-6-16(14)23/h2-3,5-6,11-12H,4,7-10,13H2,1H3,(H2,21,22,24). The Morgan fingerprint density at radius 2 is 2.04 bits per heavy atom. The van der Waals surface area contributed by atoms with Gasteiger partial charge in [-0.1, -0.05) is 18.2 Å². The van der Waals surface area contributed by atoms with Crippen molar-refractivity contribution in [3.63, 3.8) is 0 Å². The van der Waals surface area contributed by atoms with Crippen LogP contribution in [-0.4, -0.2) is 39.6 Å². The minimum Gasteiger partial charge on any atom is -0.494 e. The first kappa shape index (κ1) is 17.3. The highest BCUT2D eigenvalue weighted by Gasteiger charge is 2.19. The van der Waals surface area contributed by atoms with E-state index in [0.717, 1.165) is 25.9 Å². The van der Waals surface area contributed by atoms with E-state index in [2.05, 4.69) is 39.8 Å². The van der Waals surface area contributed by atoms with Gasteiger partial charge in [-0.3, -0.25) is 0 Å². The van der Waals surface area contributed by atoms with E-state index >= 15 is 0 Å². The number of carbonyl (C=O) groups excluding carboxylic acids is 1. The van der Waals surface area contributed by atoms with Crippen LogP contribution in [0, 0.1) is 0 Å². The molecular formula is C20H23N3O4. The van der Waals surface area contributed by atoms with E-state index < -0.39 is 0 Å². The number of para-hydroxylation sites is 1. The van der Waals surface area contributed by atoms with Crippen molar-refractivity contribution < 1.29 is 19.0 Å². The lowest BCUT2D eigenvalue weighted by atomic mass is 10.2. The Hall–Kier alpha value is -3.09. The van der Waals surface area contributed by atoms with E-state index in [1.165, 1.54) is 11.3 Å². The lowest BCUT2D eigenvalue weighted by molar-refractivity contribution is 0.174. The first-order chi connectivity index (χ1) is 13.2. The van der Waals surface area contributed by atoms with Crippen LogP contribution in [-0.2, 0) is 6.42 Å². The van der Waals surface area contributed by atoms with Gasteiger partial charge in [0.15, 0.2) is 11.5 Å². The molecule has 0 fully saturated rings. The molecule has 2 heterocycles. The fraction of sp³-hybridized carbons (Fsp3) is 0.350. The Kier molecular flexibility index (Phi) is 4.91. The predicted molar refractivity (Wildman–Crippen MR) is 103 cm³/mol. The number of anilines is 2. The molecule has 27 heavy (non-hydrogen) atoms. The molecule has 2 aliphatic rings. The van der Waals surface area contributed by atoms with Gasteiger partial charge in [0.25, 0.3) is 0 Å². The van der Waals surface area contributed by atoms with E-state index in [4.69, 9.17) is 14.2 Å². The van der Waals surface area contributed by atoms with Crippen LogP contribution in [0.4, 0.5) is 16.2 Å². The van der Waals surface area contributed by atoms with Crippen molar-refractivity contribution in [3.05, 3.63) is 42.0 Å². The number of methoxy groups -OCH3 is 1. The lowest BCUT2D eigenvalue weighted by Crippen LogP contribution is -2.32. The fourth-order valence-electron chi connectivity index (χ4n) is 3.47. The molecule has 0 radical (unpaired) electrons. The summed E-state index contributed by atoms with van der Waals surface area (Å²) in [6.45, 7) is 2.73. The van der Waals surface area contributed by atoms with Gasteiger partial charge in [-0.05, 0) is 24.5 Å². The van der Waals surface area contributed by atoms with Crippen molar-refractivity contribution in [2.45, 2.75) is 12.8 Å². The van der Waals surface area contributed by atoms with E-state index in [9.17, 15) is 4.79 Å². The van der Waals surface area contributed by atoms with Crippen LogP contribution in [0.3, 0.4) is 0 Å². The second-order valence-corrected chi connectivity index (χ2v) is 6.51. The Morgan fingerprint density at radius 3 is 2.89 bits per heavy atom. The number of amides is 2. The summed E-state index contributed by atoms with van der Waals surface area (Å²) in [7, 11) is 1.55. The quantitative estimate of drug-likeness (QED) is 0.766. The maximum atomic E-state index is 12.2. The zero-order chi connectivity index (χ0) is 18.6. The average molecular weight is 369 g/mol. The summed E-state index contributed by atoms with van der Waals surface area (Å²) in [6.07, 6.45) is 1.97. The molecule has 2 aromatic carbocycles. The van der Waals surface area contributed by atoms with Crippen LogP contribution in [0.1, 0.15) is 12.0 Å². The summed E-state index contributed by atoms with van der Waals surface area (Å²) in [4.78, 5) is 14.6. The molecule has 7 nitrogen and oxygen atoms in total. The molecule has 0 aliphatic carbocycles. The van der Waals surface area contributed by atoms with Gasteiger partial charge in [0.2, 0.25) is 6.79 Å². The number of nitrogens with one attached hydrogen (secondary N) is 2. The first-order valence-electron chi connectivity index (χ1n) is 9.10. The minimum atomic E-state index is -0.269. The van der Waals surface area contributed by atoms with Gasteiger partial charge in [0.05, 0.1) is 12.8 Å². The molecule has 142 valence electrons. The number of hydrogen-bond acceptors (Lipinski definition) is 5. The number of rotatable bonds is 6. The van der Waals surface area contributed by atoms with E-state index in [-0.39, 0.29) is 12.8 Å². The van der Waals surface area contributed by atoms with E-state index in [1.807, 2.05) is 0 Å². The maximum Gasteiger partial charge on any atom is 0.319 e. The molecule has 0 unspecified atom stereocenters. The summed E-state index contributed by atoms with van der Waals surface area (Å²) in [5.74, 6) is 1.74. The minimum absolute atomic E-state index is 0.174. The molecular weight excluding hydrogens is 346 g/mol. The number of nitrogens with zero attached hydrogens (tertiary/aromatic N) is 1. The number of carbonyl (C=O) groups is 1. The summed E-state index contributed by atoms with van der Waals surface area (Å²) >= 11 is 0. The van der Waals surface area contributed by atoms with Crippen molar-refractivity contribution in [1.29, 1.82) is 0 Å². The van der Waals surface area contributed by atoms with E-state index in [0.29, 0.717) is 29.5 Å². The SMILES string of the molecule is COc1cc2c(cc1NC(=O)NCCCN1CCc3ccccc31)OCO2. The van der Waals surface area contributed by atoms with Gasteiger partial charge in [0, 0.05) is 37.5 Å². The van der Waals surface area contributed by atoms with Crippen LogP contribution in [0.25, 0.3) is 0 Å². The largest absolute Gasteiger partial charge is 0.494 e. The Morgan fingerprint density at radius 1 is 1.22 bits per heavy atom. The third-order valence-corrected chi connectivity index (χ3v) is 4.82. The number of hydrogen-bond donors (Lipinski definition) is 2. The fourth-order valence-corrected chi connectivity index (χ4v) is 3.47. The van der Waals surface area contributed by atoms with Crippen LogP contribution in [0.5, 0.6) is 17.2 Å². The highest BCUT2D eigenvalue weighted by molar-refractivity contribution is 5.91. The van der Waals surface area contributed by atoms with Crippen LogP contribution >= 0.6 is 0 Å². The lowest BCUT2D eigenvalue weighted by Gasteiger charge is -2.19. The molecule has 2 aromatic rings. The molecule has 7 heteroatoms. The topological polar surface area (TPSA) is 72.1 Å². The monoisotopic (exact) mass is 369 g/mol. The van der Waals surface area contributed by atoms with Gasteiger partial charge in [-0.15, -0.1) is 0 Å². The summed E-state index contributed by atoms with van der Waals surface area (Å²) in [6, 6.07) is 11.6. The third-order valence-electron chi connectivity index (χ3n) is 4.82. The molecule has 0 aromatic heterocycles. The van der Waals surface area contributed by atoms with Crippen molar-refractivity contribution in [3.8, 4) is 17.2 Å². The number of benzene rings is 2. The molecule has 0 saturated heterocycles. The average Bonchev–Trinajstić information content (AvgIpc) is 3.31. The van der Waals surface area contributed by atoms with Gasteiger partial charge in [-0.25, -0.2) is 4.79 Å². The highest BCUT2D eigenvalue weighted by Crippen LogP contribution is 2.40. The second-order valence-electron chi connectivity index (χ2n) is 6.51. The number of fused-ring (bicyclic) bond motifs is 2. The number of ether oxygens (including phenoxy) is 3. The van der Waals surface area contributed by atoms with Gasteiger partial charge < -0.3 is 29.7 Å². The van der Waals surface area contributed by atoms with Gasteiger partial charge in [-0.2, -0.15) is 0 Å².